The predicted molar refractivity (Wildman–Crippen MR) is 107 cm³/mol. The number of hydrazine groups is 2. The van der Waals surface area contributed by atoms with Crippen LogP contribution in [-0.4, -0.2) is 54.7 Å². The van der Waals surface area contributed by atoms with Gasteiger partial charge in [0.25, 0.3) is 0 Å². The summed E-state index contributed by atoms with van der Waals surface area (Å²) in [6.07, 6.45) is 0. The minimum Gasteiger partial charge on any atom is -0.454 e. The standard InChI is InChI=1S/C21H25N5O3/c27-21(20-19(22-24-23-20)16-4-2-1-3-5-16)26-10-8-25(9-11-26)13-15-6-7-17-18(12-15)29-14-28-17/h1-7,12,19-20,22-24H,8-11,13-14H2. The molecule has 1 amide bonds. The molecule has 2 aromatic carbocycles. The van der Waals surface area contributed by atoms with Gasteiger partial charge in [0.2, 0.25) is 12.7 Å². The first-order valence-electron chi connectivity index (χ1n) is 9.98. The summed E-state index contributed by atoms with van der Waals surface area (Å²) in [6, 6.07) is 15.7. The van der Waals surface area contributed by atoms with Crippen molar-refractivity contribution in [3.8, 4) is 11.5 Å². The molecule has 3 aliphatic rings. The molecule has 29 heavy (non-hydrogen) atoms. The summed E-state index contributed by atoms with van der Waals surface area (Å²) in [6.45, 7) is 4.29. The summed E-state index contributed by atoms with van der Waals surface area (Å²) in [5, 5.41) is 0. The molecule has 3 heterocycles. The first kappa shape index (κ1) is 18.4. The molecule has 2 saturated heterocycles. The van der Waals surface area contributed by atoms with Gasteiger partial charge < -0.3 is 14.4 Å². The van der Waals surface area contributed by atoms with E-state index in [1.54, 1.807) is 0 Å². The third kappa shape index (κ3) is 3.79. The normalized spacial score (nSPS) is 24.1. The molecule has 8 heteroatoms. The lowest BCUT2D eigenvalue weighted by Gasteiger charge is -2.36. The molecule has 8 nitrogen and oxygen atoms in total. The molecular formula is C21H25N5O3. The van der Waals surface area contributed by atoms with Crippen LogP contribution in [0.15, 0.2) is 48.5 Å². The zero-order chi connectivity index (χ0) is 19.6. The number of nitrogens with zero attached hydrogens (tertiary/aromatic N) is 2. The maximum absolute atomic E-state index is 13.1. The van der Waals surface area contributed by atoms with Crippen molar-refractivity contribution < 1.29 is 14.3 Å². The first-order chi connectivity index (χ1) is 14.3. The number of hydrogen-bond donors (Lipinski definition) is 3. The summed E-state index contributed by atoms with van der Waals surface area (Å²) in [4.78, 5) is 17.4. The van der Waals surface area contributed by atoms with E-state index in [1.165, 1.54) is 5.56 Å². The molecule has 152 valence electrons. The number of rotatable bonds is 4. The van der Waals surface area contributed by atoms with E-state index in [4.69, 9.17) is 9.47 Å². The number of hydrogen-bond acceptors (Lipinski definition) is 7. The van der Waals surface area contributed by atoms with Gasteiger partial charge in [-0.15, -0.1) is 0 Å². The second-order valence-electron chi connectivity index (χ2n) is 7.57. The summed E-state index contributed by atoms with van der Waals surface area (Å²) in [7, 11) is 0. The molecule has 2 atom stereocenters. The Balaban J connectivity index is 1.18. The lowest BCUT2D eigenvalue weighted by molar-refractivity contribution is -0.135. The molecule has 3 aliphatic heterocycles. The van der Waals surface area contributed by atoms with Crippen LogP contribution in [0.4, 0.5) is 0 Å². The fourth-order valence-corrected chi connectivity index (χ4v) is 4.12. The average molecular weight is 395 g/mol. The fourth-order valence-electron chi connectivity index (χ4n) is 4.12. The molecule has 0 aromatic heterocycles. The molecular weight excluding hydrogens is 370 g/mol. The number of carbonyl (C=O) groups excluding carboxylic acids is 1. The summed E-state index contributed by atoms with van der Waals surface area (Å²) < 4.78 is 10.8. The number of amides is 1. The van der Waals surface area contributed by atoms with Crippen molar-refractivity contribution in [3.63, 3.8) is 0 Å². The van der Waals surface area contributed by atoms with Crippen LogP contribution in [0.1, 0.15) is 17.2 Å². The smallest absolute Gasteiger partial charge is 0.243 e. The van der Waals surface area contributed by atoms with Crippen LogP contribution in [0.25, 0.3) is 0 Å². The summed E-state index contributed by atoms with van der Waals surface area (Å²) in [5.74, 6) is 1.75. The highest BCUT2D eigenvalue weighted by atomic mass is 16.7. The Labute approximate surface area is 169 Å². The van der Waals surface area contributed by atoms with Crippen molar-refractivity contribution in [1.82, 2.24) is 26.2 Å². The highest BCUT2D eigenvalue weighted by Gasteiger charge is 2.37. The summed E-state index contributed by atoms with van der Waals surface area (Å²) in [5.41, 5.74) is 11.5. The van der Waals surface area contributed by atoms with Crippen LogP contribution in [0.3, 0.4) is 0 Å². The molecule has 2 unspecified atom stereocenters. The lowest BCUT2D eigenvalue weighted by Crippen LogP contribution is -2.54. The van der Waals surface area contributed by atoms with Crippen LogP contribution in [-0.2, 0) is 11.3 Å². The molecule has 0 aliphatic carbocycles. The Morgan fingerprint density at radius 3 is 2.59 bits per heavy atom. The second kappa shape index (κ2) is 8.00. The molecule has 0 bridgehead atoms. The quantitative estimate of drug-likeness (QED) is 0.706. The van der Waals surface area contributed by atoms with E-state index < -0.39 is 0 Å². The highest BCUT2D eigenvalue weighted by Crippen LogP contribution is 2.33. The number of piperazine rings is 1. The van der Waals surface area contributed by atoms with Gasteiger partial charge in [0.15, 0.2) is 11.5 Å². The number of benzene rings is 2. The predicted octanol–water partition coefficient (Wildman–Crippen LogP) is 0.782. The third-order valence-electron chi connectivity index (χ3n) is 5.74. The largest absolute Gasteiger partial charge is 0.454 e. The van der Waals surface area contributed by atoms with Crippen molar-refractivity contribution in [2.24, 2.45) is 0 Å². The second-order valence-corrected chi connectivity index (χ2v) is 7.57. The van der Waals surface area contributed by atoms with Gasteiger partial charge in [0.05, 0.1) is 6.04 Å². The van der Waals surface area contributed by atoms with Crippen LogP contribution < -0.4 is 25.9 Å². The fraction of sp³-hybridized carbons (Fsp3) is 0.381. The molecule has 0 radical (unpaired) electrons. The van der Waals surface area contributed by atoms with E-state index in [9.17, 15) is 4.79 Å². The van der Waals surface area contributed by atoms with E-state index in [0.717, 1.165) is 49.8 Å². The van der Waals surface area contributed by atoms with Crippen molar-refractivity contribution in [2.45, 2.75) is 18.6 Å². The van der Waals surface area contributed by atoms with Gasteiger partial charge in [0.1, 0.15) is 6.04 Å². The van der Waals surface area contributed by atoms with Crippen molar-refractivity contribution in [1.29, 1.82) is 0 Å². The Morgan fingerprint density at radius 2 is 1.76 bits per heavy atom. The maximum Gasteiger partial charge on any atom is 0.243 e. The number of carbonyl (C=O) groups is 1. The monoisotopic (exact) mass is 395 g/mol. The Kier molecular flexibility index (Phi) is 5.07. The zero-order valence-corrected chi connectivity index (χ0v) is 16.1. The molecule has 2 aromatic rings. The van der Waals surface area contributed by atoms with E-state index in [2.05, 4.69) is 27.4 Å². The number of fused-ring (bicyclic) bond motifs is 1. The van der Waals surface area contributed by atoms with E-state index >= 15 is 0 Å². The highest BCUT2D eigenvalue weighted by molar-refractivity contribution is 5.83. The summed E-state index contributed by atoms with van der Waals surface area (Å²) >= 11 is 0. The molecule has 0 saturated carbocycles. The number of nitrogens with one attached hydrogen (secondary N) is 3. The van der Waals surface area contributed by atoms with E-state index in [-0.39, 0.29) is 18.0 Å². The van der Waals surface area contributed by atoms with Gasteiger partial charge in [-0.1, -0.05) is 36.4 Å². The van der Waals surface area contributed by atoms with Gasteiger partial charge >= 0.3 is 0 Å². The Bertz CT molecular complexity index is 870. The Morgan fingerprint density at radius 1 is 0.966 bits per heavy atom. The van der Waals surface area contributed by atoms with Crippen LogP contribution in [0.2, 0.25) is 0 Å². The SMILES string of the molecule is O=C(C1NNNC1c1ccccc1)N1CCN(Cc2ccc3c(c2)OCO3)CC1. The van der Waals surface area contributed by atoms with Crippen LogP contribution in [0.5, 0.6) is 11.5 Å². The van der Waals surface area contributed by atoms with E-state index in [1.807, 2.05) is 47.4 Å². The first-order valence-corrected chi connectivity index (χ1v) is 9.98. The molecule has 2 fully saturated rings. The Hall–Kier alpha value is -2.65. The topological polar surface area (TPSA) is 78.1 Å². The van der Waals surface area contributed by atoms with Gasteiger partial charge in [0, 0.05) is 32.7 Å². The van der Waals surface area contributed by atoms with Crippen molar-refractivity contribution in [3.05, 3.63) is 59.7 Å². The molecule has 3 N–H and O–H groups in total. The molecule has 5 rings (SSSR count). The van der Waals surface area contributed by atoms with Crippen molar-refractivity contribution in [2.75, 3.05) is 33.0 Å². The van der Waals surface area contributed by atoms with E-state index in [0.29, 0.717) is 6.79 Å². The van der Waals surface area contributed by atoms with Gasteiger partial charge in [-0.25, -0.2) is 10.9 Å². The van der Waals surface area contributed by atoms with Gasteiger partial charge in [-0.2, -0.15) is 5.53 Å². The number of ether oxygens (including phenoxy) is 2. The minimum atomic E-state index is -0.321. The lowest BCUT2D eigenvalue weighted by atomic mass is 9.99. The maximum atomic E-state index is 13.1. The minimum absolute atomic E-state index is 0.0876. The van der Waals surface area contributed by atoms with Crippen LogP contribution >= 0.6 is 0 Å². The van der Waals surface area contributed by atoms with Crippen molar-refractivity contribution >= 4 is 5.91 Å². The van der Waals surface area contributed by atoms with Gasteiger partial charge in [-0.3, -0.25) is 9.69 Å². The third-order valence-corrected chi connectivity index (χ3v) is 5.74. The van der Waals surface area contributed by atoms with Crippen LogP contribution in [0, 0.1) is 0 Å². The molecule has 0 spiro atoms. The zero-order valence-electron chi connectivity index (χ0n) is 16.1. The average Bonchev–Trinajstić information content (AvgIpc) is 3.44. The van der Waals surface area contributed by atoms with Gasteiger partial charge in [-0.05, 0) is 23.3 Å².